The van der Waals surface area contributed by atoms with E-state index in [4.69, 9.17) is 5.11 Å². The second-order valence-corrected chi connectivity index (χ2v) is 4.71. The van der Waals surface area contributed by atoms with Gasteiger partial charge in [-0.05, 0) is 18.1 Å². The maximum absolute atomic E-state index is 13.2. The zero-order valence-electron chi connectivity index (χ0n) is 11.2. The predicted octanol–water partition coefficient (Wildman–Crippen LogP) is 3.38. The van der Waals surface area contributed by atoms with Crippen LogP contribution in [-0.4, -0.2) is 21.0 Å². The molecule has 0 radical (unpaired) electrons. The normalized spacial score (nSPS) is 11.0. The van der Waals surface area contributed by atoms with E-state index in [1.165, 1.54) is 0 Å². The number of nitrogens with zero attached hydrogens (tertiary/aromatic N) is 2. The minimum Gasteiger partial charge on any atom is -0.478 e. The average Bonchev–Trinajstić information content (AvgIpc) is 2.43. The van der Waals surface area contributed by atoms with Gasteiger partial charge >= 0.3 is 5.97 Å². The molecule has 2 rings (SSSR count). The Morgan fingerprint density at radius 3 is 2.24 bits per heavy atom. The first-order chi connectivity index (χ1) is 9.81. The van der Waals surface area contributed by atoms with Crippen LogP contribution < -0.4 is 0 Å². The Bertz CT molecular complexity index is 694. The van der Waals surface area contributed by atoms with E-state index in [0.29, 0.717) is 0 Å². The summed E-state index contributed by atoms with van der Waals surface area (Å²) in [5.74, 6) is -5.79. The topological polar surface area (TPSA) is 63.1 Å². The number of aromatic carboxylic acids is 1. The fourth-order valence-corrected chi connectivity index (χ4v) is 1.82. The van der Waals surface area contributed by atoms with Crippen molar-refractivity contribution >= 4 is 5.97 Å². The quantitative estimate of drug-likeness (QED) is 0.882. The first-order valence-corrected chi connectivity index (χ1v) is 6.06. The van der Waals surface area contributed by atoms with Crippen LogP contribution in [0, 0.1) is 17.5 Å². The van der Waals surface area contributed by atoms with Crippen LogP contribution in [-0.2, 0) is 0 Å². The van der Waals surface area contributed by atoms with Gasteiger partial charge in [-0.3, -0.25) is 0 Å². The van der Waals surface area contributed by atoms with Crippen LogP contribution in [0.5, 0.6) is 0 Å². The molecule has 0 aliphatic heterocycles. The summed E-state index contributed by atoms with van der Waals surface area (Å²) in [5, 5.41) is 9.05. The molecule has 7 heteroatoms. The SMILES string of the molecule is CC(C)c1nc(-c2cc(F)c(F)c(F)c2)ncc1C(=O)O. The van der Waals surface area contributed by atoms with Gasteiger partial charge in [0, 0.05) is 11.8 Å². The monoisotopic (exact) mass is 296 g/mol. The Hall–Kier alpha value is -2.44. The molecule has 1 N–H and O–H groups in total. The Labute approximate surface area is 118 Å². The molecule has 1 aromatic carbocycles. The van der Waals surface area contributed by atoms with Crippen molar-refractivity contribution in [2.75, 3.05) is 0 Å². The summed E-state index contributed by atoms with van der Waals surface area (Å²) in [6, 6.07) is 1.52. The first kappa shape index (κ1) is 15.0. The van der Waals surface area contributed by atoms with Crippen molar-refractivity contribution in [3.05, 3.63) is 47.0 Å². The molecule has 0 atom stereocenters. The lowest BCUT2D eigenvalue weighted by molar-refractivity contribution is 0.0694. The van der Waals surface area contributed by atoms with E-state index in [1.807, 2.05) is 0 Å². The standard InChI is InChI=1S/C14H11F3N2O2/c1-6(2)12-8(14(20)21)5-18-13(19-12)7-3-9(15)11(17)10(16)4-7/h3-6H,1-2H3,(H,20,21). The summed E-state index contributed by atoms with van der Waals surface area (Å²) < 4.78 is 39.4. The Morgan fingerprint density at radius 2 is 1.76 bits per heavy atom. The molecular formula is C14H11F3N2O2. The van der Waals surface area contributed by atoms with E-state index in [1.54, 1.807) is 13.8 Å². The van der Waals surface area contributed by atoms with Gasteiger partial charge in [-0.25, -0.2) is 27.9 Å². The Kier molecular flexibility index (Phi) is 3.93. The minimum atomic E-state index is -1.58. The highest BCUT2D eigenvalue weighted by atomic mass is 19.2. The van der Waals surface area contributed by atoms with Gasteiger partial charge in [-0.15, -0.1) is 0 Å². The maximum Gasteiger partial charge on any atom is 0.339 e. The van der Waals surface area contributed by atoms with E-state index >= 15 is 0 Å². The molecule has 0 saturated heterocycles. The third kappa shape index (κ3) is 2.86. The highest BCUT2D eigenvalue weighted by Gasteiger charge is 2.18. The van der Waals surface area contributed by atoms with Crippen LogP contribution in [0.4, 0.5) is 13.2 Å². The molecule has 1 heterocycles. The fraction of sp³-hybridized carbons (Fsp3) is 0.214. The maximum atomic E-state index is 13.2. The first-order valence-electron chi connectivity index (χ1n) is 6.06. The Balaban J connectivity index is 2.60. The lowest BCUT2D eigenvalue weighted by Gasteiger charge is -2.10. The molecule has 0 aliphatic rings. The highest BCUT2D eigenvalue weighted by Crippen LogP contribution is 2.24. The minimum absolute atomic E-state index is 0.0646. The van der Waals surface area contributed by atoms with Gasteiger partial charge < -0.3 is 5.11 Å². The van der Waals surface area contributed by atoms with Gasteiger partial charge in [0.2, 0.25) is 0 Å². The van der Waals surface area contributed by atoms with Crippen LogP contribution in [0.3, 0.4) is 0 Å². The number of carboxylic acid groups (broad SMARTS) is 1. The number of aromatic nitrogens is 2. The second-order valence-electron chi connectivity index (χ2n) is 4.71. The summed E-state index contributed by atoms with van der Waals surface area (Å²) in [5.41, 5.74) is 0.0830. The van der Waals surface area contributed by atoms with Crippen molar-refractivity contribution in [3.63, 3.8) is 0 Å². The predicted molar refractivity (Wildman–Crippen MR) is 68.4 cm³/mol. The fourth-order valence-electron chi connectivity index (χ4n) is 1.82. The molecule has 0 fully saturated rings. The van der Waals surface area contributed by atoms with Crippen LogP contribution >= 0.6 is 0 Å². The molecule has 0 aliphatic carbocycles. The van der Waals surface area contributed by atoms with Crippen LogP contribution in [0.1, 0.15) is 35.8 Å². The summed E-state index contributed by atoms with van der Waals surface area (Å²) in [4.78, 5) is 18.9. The molecule has 1 aromatic heterocycles. The van der Waals surface area contributed by atoms with Gasteiger partial charge in [0.05, 0.1) is 11.3 Å². The number of hydrogen-bond donors (Lipinski definition) is 1. The number of halogens is 3. The molecule has 4 nitrogen and oxygen atoms in total. The number of benzene rings is 1. The van der Waals surface area contributed by atoms with Gasteiger partial charge in [0.25, 0.3) is 0 Å². The lowest BCUT2D eigenvalue weighted by atomic mass is 10.0. The van der Waals surface area contributed by atoms with Crippen LogP contribution in [0.2, 0.25) is 0 Å². The third-order valence-corrected chi connectivity index (χ3v) is 2.84. The molecule has 110 valence electrons. The van der Waals surface area contributed by atoms with Crippen LogP contribution in [0.15, 0.2) is 18.3 Å². The second kappa shape index (κ2) is 5.51. The number of carbonyl (C=O) groups is 1. The molecular weight excluding hydrogens is 285 g/mol. The summed E-state index contributed by atoms with van der Waals surface area (Å²) in [7, 11) is 0. The summed E-state index contributed by atoms with van der Waals surface area (Å²) >= 11 is 0. The van der Waals surface area contributed by atoms with Crippen molar-refractivity contribution in [1.29, 1.82) is 0 Å². The molecule has 21 heavy (non-hydrogen) atoms. The van der Waals surface area contributed by atoms with Crippen molar-refractivity contribution in [2.24, 2.45) is 0 Å². The third-order valence-electron chi connectivity index (χ3n) is 2.84. The van der Waals surface area contributed by atoms with E-state index in [0.717, 1.165) is 18.3 Å². The van der Waals surface area contributed by atoms with Crippen molar-refractivity contribution < 1.29 is 23.1 Å². The van der Waals surface area contributed by atoms with Gasteiger partial charge in [0.15, 0.2) is 23.3 Å². The number of hydrogen-bond acceptors (Lipinski definition) is 3. The molecule has 0 amide bonds. The van der Waals surface area contributed by atoms with Gasteiger partial charge in [-0.1, -0.05) is 13.8 Å². The van der Waals surface area contributed by atoms with Crippen molar-refractivity contribution in [2.45, 2.75) is 19.8 Å². The van der Waals surface area contributed by atoms with E-state index in [9.17, 15) is 18.0 Å². The van der Waals surface area contributed by atoms with Gasteiger partial charge in [-0.2, -0.15) is 0 Å². The van der Waals surface area contributed by atoms with E-state index in [2.05, 4.69) is 9.97 Å². The van der Waals surface area contributed by atoms with Crippen LogP contribution in [0.25, 0.3) is 11.4 Å². The number of carboxylic acids is 1. The van der Waals surface area contributed by atoms with Crippen molar-refractivity contribution in [1.82, 2.24) is 9.97 Å². The van der Waals surface area contributed by atoms with Gasteiger partial charge in [0.1, 0.15) is 0 Å². The molecule has 0 unspecified atom stereocenters. The molecule has 2 aromatic rings. The molecule has 0 bridgehead atoms. The van der Waals surface area contributed by atoms with E-state index in [-0.39, 0.29) is 28.6 Å². The molecule has 0 spiro atoms. The lowest BCUT2D eigenvalue weighted by Crippen LogP contribution is -2.09. The summed E-state index contributed by atoms with van der Waals surface area (Å²) in [6.07, 6.45) is 1.07. The van der Waals surface area contributed by atoms with Crippen molar-refractivity contribution in [3.8, 4) is 11.4 Å². The zero-order chi connectivity index (χ0) is 15.7. The molecule has 0 saturated carbocycles. The van der Waals surface area contributed by atoms with E-state index < -0.39 is 23.4 Å². The zero-order valence-corrected chi connectivity index (χ0v) is 11.2. The highest BCUT2D eigenvalue weighted by molar-refractivity contribution is 5.88. The Morgan fingerprint density at radius 1 is 1.19 bits per heavy atom. The number of rotatable bonds is 3. The largest absolute Gasteiger partial charge is 0.478 e. The smallest absolute Gasteiger partial charge is 0.339 e. The summed E-state index contributed by atoms with van der Waals surface area (Å²) in [6.45, 7) is 3.45. The average molecular weight is 296 g/mol.